The van der Waals surface area contributed by atoms with E-state index in [1.165, 1.54) is 17.0 Å². The number of rotatable bonds is 5. The summed E-state index contributed by atoms with van der Waals surface area (Å²) in [7, 11) is -0.192. The van der Waals surface area contributed by atoms with E-state index in [-0.39, 0.29) is 29.4 Å². The van der Waals surface area contributed by atoms with Gasteiger partial charge in [0.25, 0.3) is 0 Å². The Bertz CT molecular complexity index is 509. The zero-order chi connectivity index (χ0) is 13.8. The fourth-order valence-corrected chi connectivity index (χ4v) is 2.71. The molecule has 0 aliphatic heterocycles. The number of carbonyl (C=O) groups is 1. The van der Waals surface area contributed by atoms with Gasteiger partial charge >= 0.3 is 0 Å². The first-order valence-corrected chi connectivity index (χ1v) is 7.16. The molecule has 0 heterocycles. The number of nitrogens with zero attached hydrogens (tertiary/aromatic N) is 1. The molecule has 18 heavy (non-hydrogen) atoms. The lowest BCUT2D eigenvalue weighted by atomic mass is 10.3. The third kappa shape index (κ3) is 4.10. The molecule has 0 spiro atoms. The smallest absolute Gasteiger partial charge is 0.222 e. The highest BCUT2D eigenvalue weighted by molar-refractivity contribution is 7.91. The Kier molecular flexibility index (Phi) is 4.84. The number of amides is 1. The minimum absolute atomic E-state index is 0.0844. The van der Waals surface area contributed by atoms with E-state index in [9.17, 15) is 17.6 Å². The Labute approximate surface area is 106 Å². The molecule has 100 valence electrons. The van der Waals surface area contributed by atoms with Crippen molar-refractivity contribution in [3.63, 3.8) is 0 Å². The van der Waals surface area contributed by atoms with Crippen LogP contribution < -0.4 is 0 Å². The molecule has 6 heteroatoms. The molecule has 1 aromatic carbocycles. The summed E-state index contributed by atoms with van der Waals surface area (Å²) < 4.78 is 36.4. The van der Waals surface area contributed by atoms with Crippen molar-refractivity contribution >= 4 is 15.7 Å². The molecule has 4 nitrogen and oxygen atoms in total. The molecule has 0 saturated heterocycles. The van der Waals surface area contributed by atoms with Crippen LogP contribution in [0.25, 0.3) is 0 Å². The van der Waals surface area contributed by atoms with E-state index in [4.69, 9.17) is 0 Å². The van der Waals surface area contributed by atoms with E-state index in [1.807, 2.05) is 0 Å². The zero-order valence-corrected chi connectivity index (χ0v) is 11.2. The minimum atomic E-state index is -3.44. The van der Waals surface area contributed by atoms with Crippen LogP contribution in [0.15, 0.2) is 29.2 Å². The molecule has 1 aromatic rings. The Morgan fingerprint density at radius 2 is 1.78 bits per heavy atom. The summed E-state index contributed by atoms with van der Waals surface area (Å²) in [6.07, 6.45) is 0.449. The van der Waals surface area contributed by atoms with Gasteiger partial charge in [0.2, 0.25) is 5.91 Å². The van der Waals surface area contributed by atoms with Crippen LogP contribution >= 0.6 is 0 Å². The molecule has 0 fully saturated rings. The van der Waals surface area contributed by atoms with E-state index in [2.05, 4.69) is 0 Å². The number of benzene rings is 1. The summed E-state index contributed by atoms with van der Waals surface area (Å²) in [5.74, 6) is -0.695. The van der Waals surface area contributed by atoms with Gasteiger partial charge in [0.15, 0.2) is 9.84 Å². The number of carbonyl (C=O) groups excluding carboxylic acids is 1. The third-order valence-electron chi connectivity index (χ3n) is 2.48. The fraction of sp³-hybridized carbons (Fsp3) is 0.417. The summed E-state index contributed by atoms with van der Waals surface area (Å²) in [6.45, 7) is 0. The highest BCUT2D eigenvalue weighted by Gasteiger charge is 2.15. The first-order valence-electron chi connectivity index (χ1n) is 5.51. The molecule has 0 saturated carbocycles. The van der Waals surface area contributed by atoms with Gasteiger partial charge < -0.3 is 4.90 Å². The molecule has 0 aliphatic rings. The van der Waals surface area contributed by atoms with Crippen molar-refractivity contribution in [2.75, 3.05) is 19.8 Å². The maximum Gasteiger partial charge on any atom is 0.222 e. The molecule has 1 rings (SSSR count). The van der Waals surface area contributed by atoms with Gasteiger partial charge in [-0.05, 0) is 30.7 Å². The lowest BCUT2D eigenvalue weighted by molar-refractivity contribution is -0.128. The molecule has 0 N–H and O–H groups in total. The molecule has 0 bridgehead atoms. The van der Waals surface area contributed by atoms with Gasteiger partial charge in [0, 0.05) is 20.5 Å². The van der Waals surface area contributed by atoms with Crippen molar-refractivity contribution in [3.8, 4) is 0 Å². The van der Waals surface area contributed by atoms with E-state index >= 15 is 0 Å². The van der Waals surface area contributed by atoms with Crippen molar-refractivity contribution in [1.82, 2.24) is 4.90 Å². The lowest BCUT2D eigenvalue weighted by Gasteiger charge is -2.09. The van der Waals surface area contributed by atoms with Gasteiger partial charge in [-0.2, -0.15) is 0 Å². The molecule has 0 radical (unpaired) electrons. The fourth-order valence-electron chi connectivity index (χ4n) is 1.40. The average Bonchev–Trinajstić information content (AvgIpc) is 2.29. The summed E-state index contributed by atoms with van der Waals surface area (Å²) in [6, 6.07) is 4.69. The summed E-state index contributed by atoms with van der Waals surface area (Å²) >= 11 is 0. The molecular formula is C12H16FNO3S. The Hall–Kier alpha value is -1.43. The first kappa shape index (κ1) is 14.6. The molecule has 0 aromatic heterocycles. The second-order valence-corrected chi connectivity index (χ2v) is 6.27. The predicted molar refractivity (Wildman–Crippen MR) is 66.4 cm³/mol. The molecule has 1 amide bonds. The minimum Gasteiger partial charge on any atom is -0.349 e. The Morgan fingerprint density at radius 1 is 1.22 bits per heavy atom. The average molecular weight is 273 g/mol. The van der Waals surface area contributed by atoms with Gasteiger partial charge in [-0.15, -0.1) is 0 Å². The third-order valence-corrected chi connectivity index (χ3v) is 4.29. The van der Waals surface area contributed by atoms with Crippen LogP contribution in [0.4, 0.5) is 4.39 Å². The maximum absolute atomic E-state index is 12.7. The maximum atomic E-state index is 12.7. The number of sulfone groups is 1. The number of halogens is 1. The van der Waals surface area contributed by atoms with Crippen LogP contribution in [0.3, 0.4) is 0 Å². The normalized spacial score (nSPS) is 11.3. The SMILES string of the molecule is CN(C)C(=O)CCCS(=O)(=O)c1ccc(F)cc1. The largest absolute Gasteiger partial charge is 0.349 e. The van der Waals surface area contributed by atoms with Crippen molar-refractivity contribution in [2.24, 2.45) is 0 Å². The highest BCUT2D eigenvalue weighted by atomic mass is 32.2. The summed E-state index contributed by atoms with van der Waals surface area (Å²) in [5.41, 5.74) is 0. The first-order chi connectivity index (χ1) is 8.33. The molecule has 0 unspecified atom stereocenters. The van der Waals surface area contributed by atoms with Crippen LogP contribution in [-0.4, -0.2) is 39.1 Å². The van der Waals surface area contributed by atoms with Gasteiger partial charge in [0.05, 0.1) is 10.6 Å². The Balaban J connectivity index is 2.61. The van der Waals surface area contributed by atoms with Gasteiger partial charge in [-0.1, -0.05) is 0 Å². The highest BCUT2D eigenvalue weighted by Crippen LogP contribution is 2.13. The number of hydrogen-bond donors (Lipinski definition) is 0. The lowest BCUT2D eigenvalue weighted by Crippen LogP contribution is -2.22. The van der Waals surface area contributed by atoms with Gasteiger partial charge in [-0.3, -0.25) is 4.79 Å². The van der Waals surface area contributed by atoms with Crippen LogP contribution in [0.1, 0.15) is 12.8 Å². The van der Waals surface area contributed by atoms with Crippen LogP contribution in [0, 0.1) is 5.82 Å². The van der Waals surface area contributed by atoms with Crippen molar-refractivity contribution in [1.29, 1.82) is 0 Å². The second-order valence-electron chi connectivity index (χ2n) is 4.16. The monoisotopic (exact) mass is 273 g/mol. The van der Waals surface area contributed by atoms with Gasteiger partial charge in [0.1, 0.15) is 5.82 Å². The van der Waals surface area contributed by atoms with Crippen LogP contribution in [0.5, 0.6) is 0 Å². The van der Waals surface area contributed by atoms with E-state index in [0.29, 0.717) is 0 Å². The quantitative estimate of drug-likeness (QED) is 0.763. The predicted octanol–water partition coefficient (Wildman–Crippen LogP) is 1.47. The van der Waals surface area contributed by atoms with E-state index in [1.54, 1.807) is 14.1 Å². The van der Waals surface area contributed by atoms with E-state index < -0.39 is 15.7 Å². The zero-order valence-electron chi connectivity index (χ0n) is 10.4. The number of hydrogen-bond acceptors (Lipinski definition) is 3. The Morgan fingerprint density at radius 3 is 2.28 bits per heavy atom. The standard InChI is InChI=1S/C12H16FNO3S/c1-14(2)12(15)4-3-9-18(16,17)11-7-5-10(13)6-8-11/h5-8H,3-4,9H2,1-2H3. The van der Waals surface area contributed by atoms with E-state index in [0.717, 1.165) is 12.1 Å². The molecular weight excluding hydrogens is 257 g/mol. The summed E-state index contributed by atoms with van der Waals surface area (Å²) in [5, 5.41) is 0. The molecule has 0 atom stereocenters. The molecule has 0 aliphatic carbocycles. The second kappa shape index (κ2) is 5.95. The van der Waals surface area contributed by atoms with Crippen LogP contribution in [-0.2, 0) is 14.6 Å². The van der Waals surface area contributed by atoms with Crippen molar-refractivity contribution in [2.45, 2.75) is 17.7 Å². The summed E-state index contributed by atoms with van der Waals surface area (Å²) in [4.78, 5) is 12.8. The van der Waals surface area contributed by atoms with Crippen LogP contribution in [0.2, 0.25) is 0 Å². The van der Waals surface area contributed by atoms with Gasteiger partial charge in [-0.25, -0.2) is 12.8 Å². The van der Waals surface area contributed by atoms with Crippen molar-refractivity contribution in [3.05, 3.63) is 30.1 Å². The topological polar surface area (TPSA) is 54.5 Å². The van der Waals surface area contributed by atoms with Crippen molar-refractivity contribution < 1.29 is 17.6 Å².